The first-order valence-corrected chi connectivity index (χ1v) is 10.4. The summed E-state index contributed by atoms with van der Waals surface area (Å²) in [6.07, 6.45) is 0. The molecule has 1 fully saturated rings. The Morgan fingerprint density at radius 2 is 2.00 bits per heavy atom. The Morgan fingerprint density at radius 1 is 1.26 bits per heavy atom. The molecule has 1 atom stereocenters. The van der Waals surface area contributed by atoms with E-state index in [0.717, 1.165) is 16.8 Å². The van der Waals surface area contributed by atoms with Crippen LogP contribution in [0.2, 0.25) is 0 Å². The summed E-state index contributed by atoms with van der Waals surface area (Å²) in [4.78, 5) is 26.8. The third-order valence-corrected chi connectivity index (χ3v) is 6.50. The molecule has 0 aromatic heterocycles. The van der Waals surface area contributed by atoms with E-state index in [2.05, 4.69) is 5.32 Å². The Labute approximate surface area is 169 Å². The number of hydrogen-bond donors (Lipinski definition) is 1. The van der Waals surface area contributed by atoms with Gasteiger partial charge in [0.05, 0.1) is 11.2 Å². The van der Waals surface area contributed by atoms with Gasteiger partial charge in [0.2, 0.25) is 11.8 Å². The molecule has 2 aromatic carbocycles. The van der Waals surface area contributed by atoms with Crippen LogP contribution in [-0.4, -0.2) is 23.4 Å². The van der Waals surface area contributed by atoms with E-state index in [9.17, 15) is 9.59 Å². The molecule has 2 amide bonds. The van der Waals surface area contributed by atoms with Crippen molar-refractivity contribution in [2.45, 2.75) is 26.1 Å². The van der Waals surface area contributed by atoms with Crippen LogP contribution in [0.25, 0.3) is 0 Å². The van der Waals surface area contributed by atoms with Crippen molar-refractivity contribution in [3.63, 3.8) is 0 Å². The number of halogens is 1. The van der Waals surface area contributed by atoms with Crippen molar-refractivity contribution in [3.8, 4) is 0 Å². The predicted molar refractivity (Wildman–Crippen MR) is 113 cm³/mol. The number of benzene rings is 2. The Balaban J connectivity index is 1.89. The summed E-state index contributed by atoms with van der Waals surface area (Å²) in [5, 5.41) is 2.82. The number of amides is 2. The topological polar surface area (TPSA) is 49.4 Å². The lowest BCUT2D eigenvalue weighted by molar-refractivity contribution is -0.123. The molecule has 1 N–H and O–H groups in total. The molecule has 0 spiro atoms. The fourth-order valence-electron chi connectivity index (χ4n) is 2.90. The summed E-state index contributed by atoms with van der Waals surface area (Å²) >= 11 is 7.49. The molecule has 27 heavy (non-hydrogen) atoms. The molecule has 2 aromatic rings. The maximum absolute atomic E-state index is 12.6. The van der Waals surface area contributed by atoms with Crippen LogP contribution in [0.5, 0.6) is 0 Å². The minimum atomic E-state index is -0.650. The van der Waals surface area contributed by atoms with Crippen LogP contribution in [0.15, 0.2) is 48.5 Å². The second kappa shape index (κ2) is 7.95. The number of rotatable bonds is 5. The number of para-hydroxylation sites is 1. The number of carbonyl (C=O) groups excluding carboxylic acids is 2. The number of alkyl halides is 1. The number of aryl methyl sites for hydroxylation is 1. The highest BCUT2D eigenvalue weighted by Gasteiger charge is 2.35. The summed E-state index contributed by atoms with van der Waals surface area (Å²) in [5.41, 5.74) is 3.03. The average molecular weight is 403 g/mol. The van der Waals surface area contributed by atoms with Crippen molar-refractivity contribution in [1.29, 1.82) is 0 Å². The van der Waals surface area contributed by atoms with Crippen LogP contribution in [0, 0.1) is 12.3 Å². The zero-order valence-corrected chi connectivity index (χ0v) is 17.2. The van der Waals surface area contributed by atoms with Gasteiger partial charge in [-0.25, -0.2) is 0 Å². The van der Waals surface area contributed by atoms with Crippen molar-refractivity contribution < 1.29 is 9.59 Å². The summed E-state index contributed by atoms with van der Waals surface area (Å²) in [6.45, 7) is 5.63. The van der Waals surface area contributed by atoms with E-state index in [1.54, 1.807) is 11.8 Å². The lowest BCUT2D eigenvalue weighted by Gasteiger charge is -2.26. The Hall–Kier alpha value is -1.98. The van der Waals surface area contributed by atoms with Crippen molar-refractivity contribution in [1.82, 2.24) is 0 Å². The molecular formula is C21H23ClN2O2S. The van der Waals surface area contributed by atoms with Crippen molar-refractivity contribution in [2.24, 2.45) is 5.41 Å². The van der Waals surface area contributed by atoms with Crippen LogP contribution in [0.3, 0.4) is 0 Å². The van der Waals surface area contributed by atoms with Gasteiger partial charge in [0, 0.05) is 17.3 Å². The minimum Gasteiger partial charge on any atom is -0.326 e. The normalized spacial score (nSPS) is 17.3. The van der Waals surface area contributed by atoms with Gasteiger partial charge in [0.15, 0.2) is 0 Å². The van der Waals surface area contributed by atoms with E-state index in [-0.39, 0.29) is 23.1 Å². The SMILES string of the molecule is Cc1ccccc1N1C(=O)CSC1c1cccc(NC(=O)C(C)(C)CCl)c1. The van der Waals surface area contributed by atoms with Gasteiger partial charge >= 0.3 is 0 Å². The molecule has 6 heteroatoms. The van der Waals surface area contributed by atoms with E-state index in [4.69, 9.17) is 11.6 Å². The van der Waals surface area contributed by atoms with Gasteiger partial charge in [-0.05, 0) is 50.1 Å². The summed E-state index contributed by atoms with van der Waals surface area (Å²) in [6, 6.07) is 15.6. The van der Waals surface area contributed by atoms with Gasteiger partial charge in [-0.15, -0.1) is 23.4 Å². The van der Waals surface area contributed by atoms with Crippen LogP contribution in [-0.2, 0) is 9.59 Å². The molecule has 3 rings (SSSR count). The third kappa shape index (κ3) is 4.14. The first kappa shape index (κ1) is 19.8. The first-order valence-electron chi connectivity index (χ1n) is 8.80. The Kier molecular flexibility index (Phi) is 5.82. The molecule has 0 aliphatic carbocycles. The minimum absolute atomic E-state index is 0.0945. The van der Waals surface area contributed by atoms with Gasteiger partial charge in [-0.1, -0.05) is 30.3 Å². The van der Waals surface area contributed by atoms with Crippen molar-refractivity contribution in [3.05, 3.63) is 59.7 Å². The number of nitrogens with zero attached hydrogens (tertiary/aromatic N) is 1. The second-order valence-corrected chi connectivity index (χ2v) is 8.65. The second-order valence-electron chi connectivity index (χ2n) is 7.31. The maximum Gasteiger partial charge on any atom is 0.238 e. The quantitative estimate of drug-likeness (QED) is 0.717. The van der Waals surface area contributed by atoms with E-state index in [1.165, 1.54) is 0 Å². The molecule has 0 bridgehead atoms. The van der Waals surface area contributed by atoms with Gasteiger partial charge < -0.3 is 5.32 Å². The molecule has 142 valence electrons. The third-order valence-electron chi connectivity index (χ3n) is 4.62. The molecule has 1 heterocycles. The number of anilines is 2. The highest BCUT2D eigenvalue weighted by Crippen LogP contribution is 2.43. The van der Waals surface area contributed by atoms with Gasteiger partial charge in [-0.3, -0.25) is 14.5 Å². The van der Waals surface area contributed by atoms with Crippen LogP contribution in [0.1, 0.15) is 30.3 Å². The van der Waals surface area contributed by atoms with Crippen LogP contribution < -0.4 is 10.2 Å². The van der Waals surface area contributed by atoms with Gasteiger partial charge in [0.1, 0.15) is 5.37 Å². The molecule has 1 aliphatic heterocycles. The van der Waals surface area contributed by atoms with Crippen LogP contribution in [0.4, 0.5) is 11.4 Å². The summed E-state index contributed by atoms with van der Waals surface area (Å²) < 4.78 is 0. The fourth-order valence-corrected chi connectivity index (χ4v) is 4.18. The van der Waals surface area contributed by atoms with Crippen LogP contribution >= 0.6 is 23.4 Å². The molecule has 0 radical (unpaired) electrons. The molecule has 4 nitrogen and oxygen atoms in total. The van der Waals surface area contributed by atoms with E-state index in [0.29, 0.717) is 11.4 Å². The molecule has 0 saturated carbocycles. The standard InChI is InChI=1S/C21H23ClN2O2S/c1-14-7-4-5-10-17(14)24-18(25)12-27-19(24)15-8-6-9-16(11-15)23-20(26)21(2,3)13-22/h4-11,19H,12-13H2,1-3H3,(H,23,26). The maximum atomic E-state index is 12.6. The number of carbonyl (C=O) groups is 2. The highest BCUT2D eigenvalue weighted by molar-refractivity contribution is 8.00. The van der Waals surface area contributed by atoms with Crippen molar-refractivity contribution >= 4 is 46.6 Å². The Morgan fingerprint density at radius 3 is 2.70 bits per heavy atom. The zero-order chi connectivity index (χ0) is 19.6. The number of nitrogens with one attached hydrogen (secondary N) is 1. The molecule has 1 saturated heterocycles. The molecule has 1 aliphatic rings. The van der Waals surface area contributed by atoms with Gasteiger partial charge in [-0.2, -0.15) is 0 Å². The smallest absolute Gasteiger partial charge is 0.238 e. The van der Waals surface area contributed by atoms with E-state index < -0.39 is 5.41 Å². The Bertz CT molecular complexity index is 869. The number of hydrogen-bond acceptors (Lipinski definition) is 3. The predicted octanol–water partition coefficient (Wildman–Crippen LogP) is 4.98. The van der Waals surface area contributed by atoms with E-state index in [1.807, 2.05) is 74.2 Å². The molecular weight excluding hydrogens is 380 g/mol. The lowest BCUT2D eigenvalue weighted by Crippen LogP contribution is -2.32. The first-order chi connectivity index (χ1) is 12.8. The highest BCUT2D eigenvalue weighted by atomic mass is 35.5. The molecule has 1 unspecified atom stereocenters. The zero-order valence-electron chi connectivity index (χ0n) is 15.7. The summed E-state index contributed by atoms with van der Waals surface area (Å²) in [5.74, 6) is 0.652. The lowest BCUT2D eigenvalue weighted by atomic mass is 9.95. The summed E-state index contributed by atoms with van der Waals surface area (Å²) in [7, 11) is 0. The fraction of sp³-hybridized carbons (Fsp3) is 0.333. The van der Waals surface area contributed by atoms with Crippen molar-refractivity contribution in [2.75, 3.05) is 21.8 Å². The monoisotopic (exact) mass is 402 g/mol. The van der Waals surface area contributed by atoms with E-state index >= 15 is 0 Å². The number of thioether (sulfide) groups is 1. The van der Waals surface area contributed by atoms with Gasteiger partial charge in [0.25, 0.3) is 0 Å². The largest absolute Gasteiger partial charge is 0.326 e. The average Bonchev–Trinajstić information content (AvgIpc) is 3.03.